The second-order valence-electron chi connectivity index (χ2n) is 5.43. The van der Waals surface area contributed by atoms with Gasteiger partial charge in [0.1, 0.15) is 0 Å². The third kappa shape index (κ3) is 6.01. The average Bonchev–Trinajstić information content (AvgIpc) is 2.44. The van der Waals surface area contributed by atoms with Crippen molar-refractivity contribution in [3.8, 4) is 0 Å². The molecule has 0 saturated carbocycles. The molecule has 0 aromatic heterocycles. The minimum atomic E-state index is -0.878. The summed E-state index contributed by atoms with van der Waals surface area (Å²) in [5.74, 6) is -1.52. The Hall–Kier alpha value is -1.79. The van der Waals surface area contributed by atoms with Gasteiger partial charge in [-0.1, -0.05) is 6.92 Å². The number of carboxylic acid groups (broad SMARTS) is 1. The van der Waals surface area contributed by atoms with E-state index >= 15 is 0 Å². The molecule has 1 saturated heterocycles. The zero-order valence-corrected chi connectivity index (χ0v) is 12.6. The first-order valence-corrected chi connectivity index (χ1v) is 7.35. The van der Waals surface area contributed by atoms with Crippen LogP contribution in [0.5, 0.6) is 0 Å². The minimum Gasteiger partial charge on any atom is -0.481 e. The minimum absolute atomic E-state index is 0.0196. The molecule has 7 heteroatoms. The van der Waals surface area contributed by atoms with Gasteiger partial charge in [0.05, 0.1) is 12.5 Å². The summed E-state index contributed by atoms with van der Waals surface area (Å²) in [6, 6.07) is -0.249. The topological polar surface area (TPSA) is 95.9 Å². The van der Waals surface area contributed by atoms with Gasteiger partial charge in [0, 0.05) is 26.1 Å². The van der Waals surface area contributed by atoms with E-state index < -0.39 is 5.97 Å². The second-order valence-corrected chi connectivity index (χ2v) is 5.43. The van der Waals surface area contributed by atoms with Crippen LogP contribution in [0.1, 0.15) is 33.1 Å². The van der Waals surface area contributed by atoms with Crippen LogP contribution in [0, 0.1) is 11.8 Å². The summed E-state index contributed by atoms with van der Waals surface area (Å²) >= 11 is 0. The molecule has 0 bridgehead atoms. The molecule has 0 aromatic carbocycles. The van der Waals surface area contributed by atoms with Crippen LogP contribution in [0.3, 0.4) is 0 Å². The highest BCUT2D eigenvalue weighted by atomic mass is 16.5. The average molecular weight is 300 g/mol. The van der Waals surface area contributed by atoms with E-state index in [1.807, 2.05) is 0 Å². The number of urea groups is 1. The van der Waals surface area contributed by atoms with Crippen molar-refractivity contribution in [3.05, 3.63) is 0 Å². The fourth-order valence-electron chi connectivity index (χ4n) is 2.36. The molecule has 21 heavy (non-hydrogen) atoms. The number of nitrogens with zero attached hydrogens (tertiary/aromatic N) is 1. The number of rotatable bonds is 6. The number of esters is 1. The molecule has 2 atom stereocenters. The number of carbonyl (C=O) groups is 3. The lowest BCUT2D eigenvalue weighted by Gasteiger charge is -2.31. The van der Waals surface area contributed by atoms with E-state index in [2.05, 4.69) is 5.32 Å². The van der Waals surface area contributed by atoms with Crippen LogP contribution < -0.4 is 5.32 Å². The van der Waals surface area contributed by atoms with E-state index in [1.165, 1.54) is 0 Å². The number of aliphatic carboxylic acids is 1. The second kappa shape index (κ2) is 8.49. The lowest BCUT2D eigenvalue weighted by Crippen LogP contribution is -2.48. The maximum absolute atomic E-state index is 12.0. The van der Waals surface area contributed by atoms with Crippen molar-refractivity contribution in [2.24, 2.45) is 11.8 Å². The van der Waals surface area contributed by atoms with Crippen LogP contribution in [0.25, 0.3) is 0 Å². The zero-order valence-electron chi connectivity index (χ0n) is 12.6. The first-order chi connectivity index (χ1) is 9.93. The summed E-state index contributed by atoms with van der Waals surface area (Å²) in [6.07, 6.45) is 1.52. The smallest absolute Gasteiger partial charge is 0.317 e. The van der Waals surface area contributed by atoms with Gasteiger partial charge in [-0.3, -0.25) is 9.59 Å². The Labute approximate surface area is 124 Å². The van der Waals surface area contributed by atoms with Crippen molar-refractivity contribution in [2.75, 3.05) is 26.2 Å². The third-order valence-electron chi connectivity index (χ3n) is 3.45. The first-order valence-electron chi connectivity index (χ1n) is 7.35. The number of carbonyl (C=O) groups excluding carboxylic acids is 2. The Morgan fingerprint density at radius 1 is 1.43 bits per heavy atom. The highest BCUT2D eigenvalue weighted by Crippen LogP contribution is 2.18. The van der Waals surface area contributed by atoms with E-state index in [0.717, 1.165) is 12.8 Å². The Morgan fingerprint density at radius 2 is 2.14 bits per heavy atom. The van der Waals surface area contributed by atoms with Gasteiger partial charge in [-0.2, -0.15) is 0 Å². The molecule has 1 fully saturated rings. The molecule has 1 rings (SSSR count). The quantitative estimate of drug-likeness (QED) is 0.716. The number of nitrogens with one attached hydrogen (secondary N) is 1. The highest BCUT2D eigenvalue weighted by molar-refractivity contribution is 5.77. The summed E-state index contributed by atoms with van der Waals surface area (Å²) < 4.78 is 4.99. The largest absolute Gasteiger partial charge is 0.481 e. The van der Waals surface area contributed by atoms with Crippen molar-refractivity contribution in [2.45, 2.75) is 33.1 Å². The molecule has 1 heterocycles. The van der Waals surface area contributed by atoms with Gasteiger partial charge in [0.25, 0.3) is 0 Å². The molecule has 0 aliphatic carbocycles. The van der Waals surface area contributed by atoms with Crippen LogP contribution in [-0.2, 0) is 14.3 Å². The van der Waals surface area contributed by atoms with Gasteiger partial charge in [0.2, 0.25) is 0 Å². The highest BCUT2D eigenvalue weighted by Gasteiger charge is 2.29. The van der Waals surface area contributed by atoms with Crippen molar-refractivity contribution in [1.82, 2.24) is 10.2 Å². The van der Waals surface area contributed by atoms with E-state index in [-0.39, 0.29) is 30.3 Å². The molecule has 0 radical (unpaired) electrons. The van der Waals surface area contributed by atoms with Crippen LogP contribution in [0.15, 0.2) is 0 Å². The SMILES string of the molecule is CCOC(=O)C1CCCN(C(=O)NCC(C)CC(=O)O)C1. The Kier molecular flexibility index (Phi) is 6.98. The first kappa shape index (κ1) is 17.3. The Bertz CT molecular complexity index is 386. The predicted molar refractivity (Wildman–Crippen MR) is 75.7 cm³/mol. The van der Waals surface area contributed by atoms with Crippen LogP contribution >= 0.6 is 0 Å². The van der Waals surface area contributed by atoms with Gasteiger partial charge >= 0.3 is 18.0 Å². The number of hydrogen-bond donors (Lipinski definition) is 2. The maximum Gasteiger partial charge on any atom is 0.317 e. The third-order valence-corrected chi connectivity index (χ3v) is 3.45. The van der Waals surface area contributed by atoms with Crippen molar-refractivity contribution in [1.29, 1.82) is 0 Å². The van der Waals surface area contributed by atoms with Crippen molar-refractivity contribution in [3.63, 3.8) is 0 Å². The molecule has 0 spiro atoms. The lowest BCUT2D eigenvalue weighted by atomic mass is 9.98. The molecular formula is C14H24N2O5. The lowest BCUT2D eigenvalue weighted by molar-refractivity contribution is -0.149. The Balaban J connectivity index is 2.39. The summed E-state index contributed by atoms with van der Waals surface area (Å²) in [4.78, 5) is 35.9. The van der Waals surface area contributed by atoms with Gasteiger partial charge in [0.15, 0.2) is 0 Å². The molecule has 0 aromatic rings. The predicted octanol–water partition coefficient (Wildman–Crippen LogP) is 1.08. The van der Waals surface area contributed by atoms with Crippen molar-refractivity contribution >= 4 is 18.0 Å². The molecule has 1 aliphatic heterocycles. The van der Waals surface area contributed by atoms with E-state index in [4.69, 9.17) is 9.84 Å². The molecule has 7 nitrogen and oxygen atoms in total. The molecule has 120 valence electrons. The summed E-state index contributed by atoms with van der Waals surface area (Å²) in [5, 5.41) is 11.4. The number of likely N-dealkylation sites (tertiary alicyclic amines) is 1. The number of ether oxygens (including phenoxy) is 1. The molecular weight excluding hydrogens is 276 g/mol. The van der Waals surface area contributed by atoms with Crippen LogP contribution in [-0.4, -0.2) is 54.2 Å². The molecule has 2 amide bonds. The van der Waals surface area contributed by atoms with Crippen LogP contribution in [0.2, 0.25) is 0 Å². The van der Waals surface area contributed by atoms with Gasteiger partial charge in [-0.25, -0.2) is 4.79 Å². The van der Waals surface area contributed by atoms with Gasteiger partial charge in [-0.15, -0.1) is 0 Å². The molecule has 1 aliphatic rings. The summed E-state index contributed by atoms with van der Waals surface area (Å²) in [7, 11) is 0. The fourth-order valence-corrected chi connectivity index (χ4v) is 2.36. The fraction of sp³-hybridized carbons (Fsp3) is 0.786. The Morgan fingerprint density at radius 3 is 2.76 bits per heavy atom. The summed E-state index contributed by atoms with van der Waals surface area (Å²) in [5.41, 5.74) is 0. The molecule has 2 unspecified atom stereocenters. The van der Waals surface area contributed by atoms with E-state index in [9.17, 15) is 14.4 Å². The van der Waals surface area contributed by atoms with Gasteiger partial charge in [-0.05, 0) is 25.7 Å². The van der Waals surface area contributed by atoms with Gasteiger partial charge < -0.3 is 20.1 Å². The number of amides is 2. The van der Waals surface area contributed by atoms with Crippen LogP contribution in [0.4, 0.5) is 4.79 Å². The maximum atomic E-state index is 12.0. The van der Waals surface area contributed by atoms with E-state index in [0.29, 0.717) is 26.2 Å². The standard InChI is InChI=1S/C14H24N2O5/c1-3-21-13(19)11-5-4-6-16(9-11)14(20)15-8-10(2)7-12(17)18/h10-11H,3-9H2,1-2H3,(H,15,20)(H,17,18). The zero-order chi connectivity index (χ0) is 15.8. The van der Waals surface area contributed by atoms with Crippen molar-refractivity contribution < 1.29 is 24.2 Å². The molecule has 2 N–H and O–H groups in total. The number of hydrogen-bond acceptors (Lipinski definition) is 4. The van der Waals surface area contributed by atoms with E-state index in [1.54, 1.807) is 18.7 Å². The number of piperidine rings is 1. The monoisotopic (exact) mass is 300 g/mol. The number of carboxylic acids is 1. The summed E-state index contributed by atoms with van der Waals surface area (Å²) in [6.45, 7) is 5.15. The normalized spacial score (nSPS) is 19.7.